The molecule has 214 valence electrons. The van der Waals surface area contributed by atoms with Gasteiger partial charge in [0.25, 0.3) is 0 Å². The second kappa shape index (κ2) is 11.3. The first-order valence-corrected chi connectivity index (χ1v) is 15.5. The summed E-state index contributed by atoms with van der Waals surface area (Å²) in [5, 5.41) is 7.48. The average Bonchev–Trinajstić information content (AvgIpc) is 3.44. The van der Waals surface area contributed by atoms with Crippen LogP contribution in [0.25, 0.3) is 71.3 Å². The number of rotatable bonds is 6. The number of allylic oxidation sites excluding steroid dienone is 3. The molecule has 0 fully saturated rings. The van der Waals surface area contributed by atoms with Gasteiger partial charge in [-0.3, -0.25) is 0 Å². The fraction of sp³-hybridized carbons (Fsp3) is 0.0233. The van der Waals surface area contributed by atoms with Gasteiger partial charge in [0.1, 0.15) is 0 Å². The molecule has 0 saturated heterocycles. The molecule has 0 radical (unpaired) electrons. The molecule has 45 heavy (non-hydrogen) atoms. The molecule has 2 nitrogen and oxygen atoms in total. The highest BCUT2D eigenvalue weighted by Crippen LogP contribution is 2.39. The highest BCUT2D eigenvalue weighted by molar-refractivity contribution is 6.19. The minimum atomic E-state index is 0.840. The van der Waals surface area contributed by atoms with Gasteiger partial charge in [0.2, 0.25) is 0 Å². The Kier molecular flexibility index (Phi) is 6.73. The van der Waals surface area contributed by atoms with E-state index in [9.17, 15) is 0 Å². The van der Waals surface area contributed by atoms with Crippen molar-refractivity contribution in [1.29, 1.82) is 0 Å². The highest BCUT2D eigenvalue weighted by atomic mass is 15.0. The summed E-state index contributed by atoms with van der Waals surface area (Å²) in [5.41, 5.74) is 15.3. The van der Waals surface area contributed by atoms with Gasteiger partial charge in [-0.25, -0.2) is 0 Å². The number of nitrogens with zero attached hydrogens (tertiary/aromatic N) is 1. The summed E-state index contributed by atoms with van der Waals surface area (Å²) >= 11 is 0. The molecule has 8 rings (SSSR count). The summed E-state index contributed by atoms with van der Waals surface area (Å²) in [6, 6.07) is 53.2. The van der Waals surface area contributed by atoms with Crippen molar-refractivity contribution in [2.45, 2.75) is 6.42 Å². The van der Waals surface area contributed by atoms with E-state index in [1.54, 1.807) is 6.20 Å². The number of hydrogen-bond donors (Lipinski definition) is 1. The fourth-order valence-electron chi connectivity index (χ4n) is 6.61. The molecule has 2 heteroatoms. The zero-order valence-electron chi connectivity index (χ0n) is 24.9. The minimum Gasteiger partial charge on any atom is -0.405 e. The van der Waals surface area contributed by atoms with E-state index >= 15 is 0 Å². The first-order chi connectivity index (χ1) is 22.3. The Morgan fingerprint density at radius 3 is 1.98 bits per heavy atom. The van der Waals surface area contributed by atoms with Crippen molar-refractivity contribution in [2.24, 2.45) is 5.73 Å². The van der Waals surface area contributed by atoms with E-state index in [0.717, 1.165) is 6.42 Å². The van der Waals surface area contributed by atoms with Crippen LogP contribution in [0.15, 0.2) is 170 Å². The molecule has 0 bridgehead atoms. The van der Waals surface area contributed by atoms with Crippen LogP contribution in [0.1, 0.15) is 5.56 Å². The van der Waals surface area contributed by atoms with E-state index in [1.807, 2.05) is 12.2 Å². The average molecular weight is 577 g/mol. The van der Waals surface area contributed by atoms with Crippen molar-refractivity contribution < 1.29 is 0 Å². The topological polar surface area (TPSA) is 30.9 Å². The summed E-state index contributed by atoms with van der Waals surface area (Å²) in [5.74, 6) is 0. The second-order valence-corrected chi connectivity index (χ2v) is 11.6. The lowest BCUT2D eigenvalue weighted by Crippen LogP contribution is -1.95. The summed E-state index contributed by atoms with van der Waals surface area (Å²) in [4.78, 5) is 0. The third-order valence-electron chi connectivity index (χ3n) is 8.84. The second-order valence-electron chi connectivity index (χ2n) is 11.6. The number of fused-ring (bicyclic) bond motifs is 6. The Labute approximate surface area is 263 Å². The maximum atomic E-state index is 5.53. The van der Waals surface area contributed by atoms with E-state index in [-0.39, 0.29) is 0 Å². The van der Waals surface area contributed by atoms with Gasteiger partial charge in [0.05, 0.1) is 11.0 Å². The monoisotopic (exact) mass is 576 g/mol. The Morgan fingerprint density at radius 2 is 1.16 bits per heavy atom. The standard InChI is InChI=1S/C43H32N2/c44-26-8-2-3-9-30-14-23-40-41-25-21-37-28-36(34-17-15-33(16-18-34)31-10-4-1-5-11-31)20-24-39(37)43(41)45(42(40)27-30)38-22-19-32-12-6-7-13-35(32)29-38/h1-8,10-29H,9,44H2/b3-2-,26-8-. The fourth-order valence-corrected chi connectivity index (χ4v) is 6.61. The van der Waals surface area contributed by atoms with Crippen LogP contribution in [0.5, 0.6) is 0 Å². The van der Waals surface area contributed by atoms with Crippen LogP contribution in [0.4, 0.5) is 0 Å². The molecular formula is C43H32N2. The summed E-state index contributed by atoms with van der Waals surface area (Å²) in [6.45, 7) is 0. The molecule has 1 heterocycles. The van der Waals surface area contributed by atoms with Gasteiger partial charge in [0, 0.05) is 21.8 Å². The van der Waals surface area contributed by atoms with Crippen LogP contribution in [0.3, 0.4) is 0 Å². The molecule has 0 amide bonds. The third kappa shape index (κ3) is 4.87. The Bertz CT molecular complexity index is 2390. The predicted octanol–water partition coefficient (Wildman–Crippen LogP) is 11.0. The zero-order valence-corrected chi connectivity index (χ0v) is 24.9. The summed E-state index contributed by atoms with van der Waals surface area (Å²) in [7, 11) is 0. The highest BCUT2D eigenvalue weighted by Gasteiger charge is 2.16. The van der Waals surface area contributed by atoms with Gasteiger partial charge in [-0.2, -0.15) is 0 Å². The molecular weight excluding hydrogens is 544 g/mol. The molecule has 8 aromatic rings. The minimum absolute atomic E-state index is 0.840. The van der Waals surface area contributed by atoms with E-state index in [2.05, 4.69) is 156 Å². The lowest BCUT2D eigenvalue weighted by Gasteiger charge is -2.12. The van der Waals surface area contributed by atoms with E-state index in [0.29, 0.717) is 0 Å². The van der Waals surface area contributed by atoms with Gasteiger partial charge >= 0.3 is 0 Å². The van der Waals surface area contributed by atoms with Crippen molar-refractivity contribution in [2.75, 3.05) is 0 Å². The van der Waals surface area contributed by atoms with Crippen LogP contribution in [-0.2, 0) is 6.42 Å². The van der Waals surface area contributed by atoms with E-state index in [1.165, 1.54) is 76.9 Å². The lowest BCUT2D eigenvalue weighted by atomic mass is 9.97. The van der Waals surface area contributed by atoms with Gasteiger partial charge < -0.3 is 10.3 Å². The molecule has 0 saturated carbocycles. The number of nitrogens with two attached hydrogens (primary N) is 1. The van der Waals surface area contributed by atoms with Crippen molar-refractivity contribution in [3.05, 3.63) is 176 Å². The van der Waals surface area contributed by atoms with Crippen LogP contribution in [0, 0.1) is 0 Å². The number of aromatic nitrogens is 1. The molecule has 0 aliphatic rings. The molecule has 2 N–H and O–H groups in total. The van der Waals surface area contributed by atoms with E-state index < -0.39 is 0 Å². The van der Waals surface area contributed by atoms with Crippen LogP contribution in [0.2, 0.25) is 0 Å². The third-order valence-corrected chi connectivity index (χ3v) is 8.84. The molecule has 0 aliphatic carbocycles. The smallest absolute Gasteiger partial charge is 0.0619 e. The Balaban J connectivity index is 1.31. The summed E-state index contributed by atoms with van der Waals surface area (Å²) < 4.78 is 2.46. The van der Waals surface area contributed by atoms with Crippen LogP contribution >= 0.6 is 0 Å². The Morgan fingerprint density at radius 1 is 0.489 bits per heavy atom. The van der Waals surface area contributed by atoms with Crippen molar-refractivity contribution in [1.82, 2.24) is 4.57 Å². The number of hydrogen-bond acceptors (Lipinski definition) is 1. The molecule has 0 aliphatic heterocycles. The molecule has 1 aromatic heterocycles. The first kappa shape index (κ1) is 26.7. The van der Waals surface area contributed by atoms with Gasteiger partial charge in [-0.05, 0) is 86.9 Å². The lowest BCUT2D eigenvalue weighted by molar-refractivity contribution is 1.18. The summed E-state index contributed by atoms with van der Waals surface area (Å²) in [6.07, 6.45) is 8.42. The largest absolute Gasteiger partial charge is 0.405 e. The quantitative estimate of drug-likeness (QED) is 0.196. The number of benzene rings is 7. The molecule has 7 aromatic carbocycles. The van der Waals surface area contributed by atoms with E-state index in [4.69, 9.17) is 5.73 Å². The normalized spacial score (nSPS) is 12.0. The molecule has 0 atom stereocenters. The van der Waals surface area contributed by atoms with Gasteiger partial charge in [0.15, 0.2) is 0 Å². The van der Waals surface area contributed by atoms with Crippen molar-refractivity contribution in [3.8, 4) is 27.9 Å². The van der Waals surface area contributed by atoms with Crippen LogP contribution in [-0.4, -0.2) is 4.57 Å². The van der Waals surface area contributed by atoms with Gasteiger partial charge in [-0.1, -0.05) is 133 Å². The maximum absolute atomic E-state index is 5.53. The van der Waals surface area contributed by atoms with Crippen molar-refractivity contribution in [3.63, 3.8) is 0 Å². The molecule has 0 unspecified atom stereocenters. The van der Waals surface area contributed by atoms with Gasteiger partial charge in [-0.15, -0.1) is 0 Å². The molecule has 0 spiro atoms. The predicted molar refractivity (Wildman–Crippen MR) is 193 cm³/mol. The Hall–Kier alpha value is -5.86. The first-order valence-electron chi connectivity index (χ1n) is 15.5. The maximum Gasteiger partial charge on any atom is 0.0619 e. The SMILES string of the molecule is N/C=C\C=C/Cc1ccc2c3ccc4cc(-c5ccc(-c6ccccc6)cc5)ccc4c3n(-c3ccc4ccccc4c3)c2c1. The zero-order chi connectivity index (χ0) is 30.2. The van der Waals surface area contributed by atoms with Crippen molar-refractivity contribution >= 4 is 43.4 Å². The van der Waals surface area contributed by atoms with Crippen LogP contribution < -0.4 is 5.73 Å².